The second kappa shape index (κ2) is 8.42. The van der Waals surface area contributed by atoms with E-state index in [0.717, 1.165) is 10.0 Å². The Morgan fingerprint density at radius 2 is 1.70 bits per heavy atom. The van der Waals surface area contributed by atoms with Crippen LogP contribution < -0.4 is 0 Å². The zero-order chi connectivity index (χ0) is 20.2. The molecule has 1 N–H and O–H groups in total. The lowest BCUT2D eigenvalue weighted by atomic mass is 9.74. The SMILES string of the molecule is CC(C)(C)OC(=O)N1CCC(CC(=O)Cc2ccc(Br)cc2)(C(=O)O)CC1. The van der Waals surface area contributed by atoms with Gasteiger partial charge in [0, 0.05) is 30.4 Å². The second-order valence-electron chi connectivity index (χ2n) is 8.07. The molecule has 2 rings (SSSR count). The summed E-state index contributed by atoms with van der Waals surface area (Å²) in [5, 5.41) is 9.76. The van der Waals surface area contributed by atoms with Crippen LogP contribution in [0.3, 0.4) is 0 Å². The quantitative estimate of drug-likeness (QED) is 0.747. The highest BCUT2D eigenvalue weighted by molar-refractivity contribution is 9.10. The van der Waals surface area contributed by atoms with Crippen LogP contribution >= 0.6 is 15.9 Å². The van der Waals surface area contributed by atoms with Crippen molar-refractivity contribution in [1.82, 2.24) is 4.90 Å². The summed E-state index contributed by atoms with van der Waals surface area (Å²) in [7, 11) is 0. The minimum atomic E-state index is -1.12. The highest BCUT2D eigenvalue weighted by Gasteiger charge is 2.44. The number of carboxylic acids is 1. The van der Waals surface area contributed by atoms with Crippen LogP contribution in [0.5, 0.6) is 0 Å². The van der Waals surface area contributed by atoms with E-state index in [4.69, 9.17) is 4.74 Å². The zero-order valence-corrected chi connectivity index (χ0v) is 17.5. The van der Waals surface area contributed by atoms with Crippen molar-refractivity contribution in [2.75, 3.05) is 13.1 Å². The van der Waals surface area contributed by atoms with Gasteiger partial charge in [0.15, 0.2) is 0 Å². The summed E-state index contributed by atoms with van der Waals surface area (Å²) in [4.78, 5) is 38.1. The highest BCUT2D eigenvalue weighted by Crippen LogP contribution is 2.36. The van der Waals surface area contributed by atoms with Crippen molar-refractivity contribution in [2.45, 2.75) is 52.1 Å². The molecule has 1 fully saturated rings. The Hall–Kier alpha value is -1.89. The summed E-state index contributed by atoms with van der Waals surface area (Å²) in [6.45, 7) is 5.91. The summed E-state index contributed by atoms with van der Waals surface area (Å²) < 4.78 is 6.27. The van der Waals surface area contributed by atoms with Gasteiger partial charge < -0.3 is 14.7 Å². The monoisotopic (exact) mass is 439 g/mol. The first kappa shape index (κ1) is 21.4. The first-order chi connectivity index (χ1) is 12.5. The lowest BCUT2D eigenvalue weighted by Gasteiger charge is -2.39. The number of benzene rings is 1. The fraction of sp³-hybridized carbons (Fsp3) is 0.550. The zero-order valence-electron chi connectivity index (χ0n) is 16.0. The van der Waals surface area contributed by atoms with Gasteiger partial charge in [-0.2, -0.15) is 0 Å². The smallest absolute Gasteiger partial charge is 0.410 e. The largest absolute Gasteiger partial charge is 0.481 e. The Labute approximate surface area is 168 Å². The van der Waals surface area contributed by atoms with E-state index in [2.05, 4.69) is 15.9 Å². The Balaban J connectivity index is 1.98. The van der Waals surface area contributed by atoms with Crippen molar-refractivity contribution in [3.63, 3.8) is 0 Å². The number of carbonyl (C=O) groups is 3. The summed E-state index contributed by atoms with van der Waals surface area (Å²) in [6, 6.07) is 7.41. The Morgan fingerprint density at radius 1 is 1.15 bits per heavy atom. The molecule has 0 bridgehead atoms. The van der Waals surface area contributed by atoms with Crippen LogP contribution in [0.1, 0.15) is 45.6 Å². The predicted molar refractivity (Wildman–Crippen MR) is 105 cm³/mol. The minimum Gasteiger partial charge on any atom is -0.481 e. The Morgan fingerprint density at radius 3 is 2.19 bits per heavy atom. The molecule has 1 heterocycles. The number of hydrogen-bond donors (Lipinski definition) is 1. The molecule has 0 aliphatic carbocycles. The number of likely N-dealkylation sites (tertiary alicyclic amines) is 1. The summed E-state index contributed by atoms with van der Waals surface area (Å²) in [5.41, 5.74) is -0.862. The van der Waals surface area contributed by atoms with Crippen LogP contribution in [-0.2, 0) is 20.7 Å². The molecule has 6 nitrogen and oxygen atoms in total. The number of amides is 1. The fourth-order valence-electron chi connectivity index (χ4n) is 3.18. The molecule has 0 spiro atoms. The van der Waals surface area contributed by atoms with Crippen LogP contribution in [0.4, 0.5) is 4.79 Å². The number of carboxylic acid groups (broad SMARTS) is 1. The number of carbonyl (C=O) groups excluding carboxylic acids is 2. The van der Waals surface area contributed by atoms with Gasteiger partial charge in [0.1, 0.15) is 11.4 Å². The molecule has 1 aliphatic heterocycles. The van der Waals surface area contributed by atoms with Gasteiger partial charge in [0.2, 0.25) is 0 Å². The lowest BCUT2D eigenvalue weighted by molar-refractivity contribution is -0.154. The molecule has 7 heteroatoms. The van der Waals surface area contributed by atoms with Gasteiger partial charge in [-0.3, -0.25) is 9.59 Å². The first-order valence-corrected chi connectivity index (χ1v) is 9.77. The Kier molecular flexibility index (Phi) is 6.68. The van der Waals surface area contributed by atoms with Crippen molar-refractivity contribution >= 4 is 33.8 Å². The number of hydrogen-bond acceptors (Lipinski definition) is 4. The highest BCUT2D eigenvalue weighted by atomic mass is 79.9. The molecule has 27 heavy (non-hydrogen) atoms. The first-order valence-electron chi connectivity index (χ1n) is 8.98. The number of halogens is 1. The van der Waals surface area contributed by atoms with E-state index in [-0.39, 0.29) is 44.6 Å². The third-order valence-electron chi connectivity index (χ3n) is 4.68. The lowest BCUT2D eigenvalue weighted by Crippen LogP contribution is -2.48. The van der Waals surface area contributed by atoms with E-state index in [1.54, 1.807) is 20.8 Å². The van der Waals surface area contributed by atoms with Crippen LogP contribution in [0.15, 0.2) is 28.7 Å². The van der Waals surface area contributed by atoms with Gasteiger partial charge >= 0.3 is 12.1 Å². The number of piperidine rings is 1. The number of ether oxygens (including phenoxy) is 1. The molecule has 0 unspecified atom stereocenters. The third kappa shape index (κ3) is 6.06. The maximum Gasteiger partial charge on any atom is 0.410 e. The number of aliphatic carboxylic acids is 1. The molecule has 1 aromatic carbocycles. The van der Waals surface area contributed by atoms with Gasteiger partial charge in [-0.1, -0.05) is 28.1 Å². The number of rotatable bonds is 5. The standard InChI is InChI=1S/C20H26BrNO5/c1-19(2,3)27-18(26)22-10-8-20(9-11-22,17(24)25)13-16(23)12-14-4-6-15(21)7-5-14/h4-7H,8-13H2,1-3H3,(H,24,25). The van der Waals surface area contributed by atoms with Gasteiger partial charge in [-0.15, -0.1) is 0 Å². The molecule has 1 amide bonds. The van der Waals surface area contributed by atoms with E-state index in [1.807, 2.05) is 24.3 Å². The molecular weight excluding hydrogens is 414 g/mol. The summed E-state index contributed by atoms with van der Waals surface area (Å²) in [6.07, 6.45) is 0.225. The van der Waals surface area contributed by atoms with Crippen molar-refractivity contribution < 1.29 is 24.2 Å². The molecule has 0 saturated carbocycles. The van der Waals surface area contributed by atoms with E-state index < -0.39 is 23.1 Å². The summed E-state index contributed by atoms with van der Waals surface area (Å²) >= 11 is 3.35. The van der Waals surface area contributed by atoms with Crippen molar-refractivity contribution in [3.05, 3.63) is 34.3 Å². The van der Waals surface area contributed by atoms with Crippen LogP contribution in [0.25, 0.3) is 0 Å². The predicted octanol–water partition coefficient (Wildman–Crippen LogP) is 4.05. The van der Waals surface area contributed by atoms with Gasteiger partial charge in [0.05, 0.1) is 5.41 Å². The number of nitrogens with zero attached hydrogens (tertiary/aromatic N) is 1. The fourth-order valence-corrected chi connectivity index (χ4v) is 3.44. The molecule has 1 aromatic rings. The topological polar surface area (TPSA) is 83.9 Å². The van der Waals surface area contributed by atoms with Gasteiger partial charge in [-0.25, -0.2) is 4.79 Å². The van der Waals surface area contributed by atoms with Crippen LogP contribution in [0.2, 0.25) is 0 Å². The minimum absolute atomic E-state index is 0.0272. The normalized spacial score (nSPS) is 16.7. The second-order valence-corrected chi connectivity index (χ2v) is 8.99. The Bertz CT molecular complexity index is 700. The van der Waals surface area contributed by atoms with Crippen molar-refractivity contribution in [2.24, 2.45) is 5.41 Å². The molecule has 0 atom stereocenters. The molecule has 148 valence electrons. The molecule has 0 radical (unpaired) electrons. The number of ketones is 1. The third-order valence-corrected chi connectivity index (χ3v) is 5.20. The maximum atomic E-state index is 12.5. The van der Waals surface area contributed by atoms with Crippen LogP contribution in [-0.4, -0.2) is 46.5 Å². The summed E-state index contributed by atoms with van der Waals surface area (Å²) in [5.74, 6) is -1.08. The molecule has 1 saturated heterocycles. The average Bonchev–Trinajstić information content (AvgIpc) is 2.55. The van der Waals surface area contributed by atoms with Crippen molar-refractivity contribution in [3.8, 4) is 0 Å². The average molecular weight is 440 g/mol. The van der Waals surface area contributed by atoms with Crippen LogP contribution in [0, 0.1) is 5.41 Å². The molecule has 0 aromatic heterocycles. The van der Waals surface area contributed by atoms with Gasteiger partial charge in [0.25, 0.3) is 0 Å². The number of Topliss-reactive ketones (excluding diaryl/α,β-unsaturated/α-hetero) is 1. The van der Waals surface area contributed by atoms with E-state index in [9.17, 15) is 19.5 Å². The van der Waals surface area contributed by atoms with E-state index >= 15 is 0 Å². The van der Waals surface area contributed by atoms with E-state index in [1.165, 1.54) is 4.90 Å². The molecular formula is C20H26BrNO5. The molecule has 1 aliphatic rings. The van der Waals surface area contributed by atoms with Crippen molar-refractivity contribution in [1.29, 1.82) is 0 Å². The maximum absolute atomic E-state index is 12.5. The van der Waals surface area contributed by atoms with Gasteiger partial charge in [-0.05, 0) is 51.3 Å². The van der Waals surface area contributed by atoms with E-state index in [0.29, 0.717) is 0 Å².